The minimum atomic E-state index is -0.152. The number of anilines is 3. The maximum Gasteiger partial charge on any atom is 0.0618 e. The molecule has 11 aromatic rings. The lowest BCUT2D eigenvalue weighted by molar-refractivity contribution is 0.660. The van der Waals surface area contributed by atoms with Crippen LogP contribution in [0.5, 0.6) is 0 Å². The molecular formula is C61H46N2. The molecule has 2 nitrogen and oxygen atoms in total. The summed E-state index contributed by atoms with van der Waals surface area (Å²) in [4.78, 5) is 2.52. The second-order valence-electron chi connectivity index (χ2n) is 17.9. The molecule has 2 heteroatoms. The summed E-state index contributed by atoms with van der Waals surface area (Å²) in [6, 6.07) is 77.0. The Morgan fingerprint density at radius 2 is 0.937 bits per heavy atom. The van der Waals surface area contributed by atoms with Gasteiger partial charge in [-0.3, -0.25) is 0 Å². The van der Waals surface area contributed by atoms with Crippen molar-refractivity contribution in [2.24, 2.45) is 0 Å². The number of para-hydroxylation sites is 2. The zero-order chi connectivity index (χ0) is 42.4. The Kier molecular flexibility index (Phi) is 8.36. The smallest absolute Gasteiger partial charge is 0.0618 e. The molecule has 0 atom stereocenters. The largest absolute Gasteiger partial charge is 0.310 e. The predicted molar refractivity (Wildman–Crippen MR) is 268 cm³/mol. The van der Waals surface area contributed by atoms with Crippen LogP contribution in [0.2, 0.25) is 0 Å². The lowest BCUT2D eigenvalue weighted by Gasteiger charge is -2.30. The van der Waals surface area contributed by atoms with Crippen molar-refractivity contribution < 1.29 is 0 Å². The van der Waals surface area contributed by atoms with Gasteiger partial charge in [-0.15, -0.1) is 0 Å². The summed E-state index contributed by atoms with van der Waals surface area (Å²) in [6.07, 6.45) is 0. The first kappa shape index (κ1) is 37.1. The van der Waals surface area contributed by atoms with Crippen LogP contribution in [0.1, 0.15) is 36.1 Å². The van der Waals surface area contributed by atoms with Crippen LogP contribution in [0.4, 0.5) is 17.1 Å². The first-order chi connectivity index (χ1) is 30.8. The van der Waals surface area contributed by atoms with E-state index in [0.717, 1.165) is 22.6 Å². The van der Waals surface area contributed by atoms with Gasteiger partial charge in [0.2, 0.25) is 0 Å². The first-order valence-corrected chi connectivity index (χ1v) is 22.1. The van der Waals surface area contributed by atoms with Crippen molar-refractivity contribution >= 4 is 60.4 Å². The number of benzene rings is 10. The first-order valence-electron chi connectivity index (χ1n) is 22.1. The van der Waals surface area contributed by atoms with E-state index in [1.807, 2.05) is 0 Å². The van der Waals surface area contributed by atoms with Crippen LogP contribution in [-0.4, -0.2) is 4.57 Å². The molecule has 300 valence electrons. The number of nitrogens with zero attached hydrogens (tertiary/aromatic N) is 2. The lowest BCUT2D eigenvalue weighted by Crippen LogP contribution is -2.16. The topological polar surface area (TPSA) is 8.17 Å². The monoisotopic (exact) mass is 806 g/mol. The Balaban J connectivity index is 1.18. The zero-order valence-corrected chi connectivity index (χ0v) is 36.0. The summed E-state index contributed by atoms with van der Waals surface area (Å²) in [6.45, 7) is 9.12. The summed E-state index contributed by atoms with van der Waals surface area (Å²) in [5, 5.41) is 7.39. The molecule has 12 rings (SSSR count). The predicted octanol–water partition coefficient (Wildman–Crippen LogP) is 16.8. The van der Waals surface area contributed by atoms with Gasteiger partial charge in [-0.05, 0) is 99.8 Å². The average Bonchev–Trinajstić information content (AvgIpc) is 3.76. The van der Waals surface area contributed by atoms with E-state index in [0.29, 0.717) is 0 Å². The van der Waals surface area contributed by atoms with Crippen LogP contribution in [0.25, 0.3) is 82.4 Å². The third-order valence-corrected chi connectivity index (χ3v) is 13.6. The highest BCUT2D eigenvalue weighted by molar-refractivity contribution is 6.16. The number of hydrogen-bond donors (Lipinski definition) is 0. The summed E-state index contributed by atoms with van der Waals surface area (Å²) in [5.74, 6) is 0. The number of hydrogen-bond acceptors (Lipinski definition) is 1. The Hall–Kier alpha value is -7.68. The molecule has 1 aromatic heterocycles. The molecule has 10 aromatic carbocycles. The Morgan fingerprint density at radius 1 is 0.381 bits per heavy atom. The SMILES string of the molecule is Cc1cccc(-c2cccc(-c3cccc(C)c3)c2-n2c3ccccc3c3ccc(N(c4ccc5c(c4)C(C)(C)c4ccccc4-5)c4cc5ccccc5c5ccccc45)cc32)c1. The highest BCUT2D eigenvalue weighted by Gasteiger charge is 2.36. The van der Waals surface area contributed by atoms with E-state index < -0.39 is 0 Å². The van der Waals surface area contributed by atoms with Gasteiger partial charge in [0.05, 0.1) is 22.4 Å². The summed E-state index contributed by atoms with van der Waals surface area (Å²) in [5.41, 5.74) is 19.4. The maximum atomic E-state index is 2.54. The molecule has 1 aliphatic carbocycles. The van der Waals surface area contributed by atoms with Gasteiger partial charge in [0.15, 0.2) is 0 Å². The van der Waals surface area contributed by atoms with Crippen LogP contribution in [0, 0.1) is 13.8 Å². The third-order valence-electron chi connectivity index (χ3n) is 13.6. The van der Waals surface area contributed by atoms with Gasteiger partial charge in [0, 0.05) is 44.1 Å². The molecule has 0 saturated carbocycles. The molecule has 0 spiro atoms. The van der Waals surface area contributed by atoms with Gasteiger partial charge in [-0.1, -0.05) is 195 Å². The van der Waals surface area contributed by atoms with Crippen LogP contribution in [-0.2, 0) is 5.41 Å². The minimum absolute atomic E-state index is 0.152. The van der Waals surface area contributed by atoms with Gasteiger partial charge in [-0.2, -0.15) is 0 Å². The van der Waals surface area contributed by atoms with Crippen molar-refractivity contribution in [3.8, 4) is 39.1 Å². The average molecular weight is 807 g/mol. The number of rotatable bonds is 6. The third kappa shape index (κ3) is 5.79. The van der Waals surface area contributed by atoms with Crippen molar-refractivity contribution in [3.05, 3.63) is 229 Å². The molecule has 0 unspecified atom stereocenters. The van der Waals surface area contributed by atoms with Gasteiger partial charge < -0.3 is 9.47 Å². The van der Waals surface area contributed by atoms with E-state index in [1.165, 1.54) is 99.2 Å². The van der Waals surface area contributed by atoms with Crippen LogP contribution in [0.15, 0.2) is 206 Å². The zero-order valence-electron chi connectivity index (χ0n) is 36.0. The van der Waals surface area contributed by atoms with E-state index in [9.17, 15) is 0 Å². The maximum absolute atomic E-state index is 2.54. The fourth-order valence-corrected chi connectivity index (χ4v) is 10.7. The van der Waals surface area contributed by atoms with E-state index in [4.69, 9.17) is 0 Å². The Bertz CT molecular complexity index is 3580. The number of aryl methyl sites for hydroxylation is 2. The van der Waals surface area contributed by atoms with Crippen LogP contribution < -0.4 is 4.90 Å². The molecule has 63 heavy (non-hydrogen) atoms. The molecule has 0 saturated heterocycles. The summed E-state index contributed by atoms with van der Waals surface area (Å²) in [7, 11) is 0. The molecular weight excluding hydrogens is 761 g/mol. The molecule has 0 fully saturated rings. The highest BCUT2D eigenvalue weighted by atomic mass is 15.1. The second-order valence-corrected chi connectivity index (χ2v) is 17.9. The number of aromatic nitrogens is 1. The van der Waals surface area contributed by atoms with Crippen LogP contribution >= 0.6 is 0 Å². The van der Waals surface area contributed by atoms with Crippen LogP contribution in [0.3, 0.4) is 0 Å². The van der Waals surface area contributed by atoms with Gasteiger partial charge >= 0.3 is 0 Å². The van der Waals surface area contributed by atoms with E-state index in [2.05, 4.69) is 243 Å². The Morgan fingerprint density at radius 3 is 1.68 bits per heavy atom. The van der Waals surface area contributed by atoms with Gasteiger partial charge in [-0.25, -0.2) is 0 Å². The Labute approximate surface area is 368 Å². The fraction of sp³-hybridized carbons (Fsp3) is 0.0820. The van der Waals surface area contributed by atoms with Gasteiger partial charge in [0.1, 0.15) is 0 Å². The van der Waals surface area contributed by atoms with Crippen molar-refractivity contribution in [2.75, 3.05) is 4.90 Å². The van der Waals surface area contributed by atoms with Crippen molar-refractivity contribution in [1.29, 1.82) is 0 Å². The number of fused-ring (bicyclic) bond motifs is 9. The van der Waals surface area contributed by atoms with Gasteiger partial charge in [0.25, 0.3) is 0 Å². The molecule has 0 bridgehead atoms. The molecule has 1 heterocycles. The highest BCUT2D eigenvalue weighted by Crippen LogP contribution is 2.52. The summed E-state index contributed by atoms with van der Waals surface area (Å²) < 4.78 is 2.54. The molecule has 1 aliphatic rings. The minimum Gasteiger partial charge on any atom is -0.310 e. The van der Waals surface area contributed by atoms with E-state index in [-0.39, 0.29) is 5.41 Å². The quantitative estimate of drug-likeness (QED) is 0.152. The van der Waals surface area contributed by atoms with E-state index >= 15 is 0 Å². The molecule has 0 radical (unpaired) electrons. The van der Waals surface area contributed by atoms with Crippen molar-refractivity contribution in [2.45, 2.75) is 33.1 Å². The molecule has 0 amide bonds. The summed E-state index contributed by atoms with van der Waals surface area (Å²) >= 11 is 0. The second kappa shape index (κ2) is 14.2. The fourth-order valence-electron chi connectivity index (χ4n) is 10.7. The normalized spacial score (nSPS) is 12.9. The van der Waals surface area contributed by atoms with E-state index in [1.54, 1.807) is 0 Å². The molecule has 0 aliphatic heterocycles. The van der Waals surface area contributed by atoms with Crippen molar-refractivity contribution in [3.63, 3.8) is 0 Å². The van der Waals surface area contributed by atoms with Crippen molar-refractivity contribution in [1.82, 2.24) is 4.57 Å². The lowest BCUT2D eigenvalue weighted by atomic mass is 9.82. The molecule has 0 N–H and O–H groups in total. The standard InChI is InChI=1S/C61H46N2/c1-39-16-13-19-41(34-39)47-26-15-27-48(42-20-14-17-40(2)35-42)60(47)63-57-29-12-10-25-53(57)54-33-31-45(38-59(54)63)62(58-36-43-18-5-6-21-46(43)49-22-7-8-24-52(49)58)44-30-32-51-50-23-9-11-28-55(50)61(3,4)56(51)37-44/h5-38H,1-4H3.